The van der Waals surface area contributed by atoms with Crippen LogP contribution in [0.5, 0.6) is 0 Å². The van der Waals surface area contributed by atoms with Crippen LogP contribution in [0.15, 0.2) is 24.3 Å². The van der Waals surface area contributed by atoms with Crippen LogP contribution < -0.4 is 16.1 Å². The molecule has 1 saturated carbocycles. The van der Waals surface area contributed by atoms with Crippen molar-refractivity contribution in [2.75, 3.05) is 7.11 Å². The van der Waals surface area contributed by atoms with Crippen molar-refractivity contribution in [2.24, 2.45) is 5.92 Å². The number of aryl methyl sites for hydroxylation is 1. The molecule has 1 aliphatic rings. The highest BCUT2D eigenvalue weighted by Crippen LogP contribution is 2.25. The van der Waals surface area contributed by atoms with Gasteiger partial charge in [0.2, 0.25) is 11.8 Å². The minimum absolute atomic E-state index is 0.0857. The molecule has 2 atom stereocenters. The lowest BCUT2D eigenvalue weighted by Crippen LogP contribution is -2.45. The topological polar surface area (TPSA) is 79.5 Å². The second kappa shape index (κ2) is 8.69. The Morgan fingerprint density at radius 3 is 2.65 bits per heavy atom. The molecular formula is C16H23BN3O3. The number of rotatable bonds is 6. The maximum atomic E-state index is 12.1. The smallest absolute Gasteiger partial charge is 0.395 e. The summed E-state index contributed by atoms with van der Waals surface area (Å²) in [7, 11) is 3.12. The molecule has 2 rings (SSSR count). The summed E-state index contributed by atoms with van der Waals surface area (Å²) < 4.78 is 4.85. The summed E-state index contributed by atoms with van der Waals surface area (Å²) in [6, 6.07) is 7.99. The van der Waals surface area contributed by atoms with E-state index in [1.54, 1.807) is 7.11 Å². The van der Waals surface area contributed by atoms with Crippen molar-refractivity contribution in [1.29, 1.82) is 0 Å². The highest BCUT2D eigenvalue weighted by atomic mass is 16.4. The molecular weight excluding hydrogens is 293 g/mol. The summed E-state index contributed by atoms with van der Waals surface area (Å²) in [4.78, 5) is 23.9. The lowest BCUT2D eigenvalue weighted by atomic mass is 10.1. The second-order valence-corrected chi connectivity index (χ2v) is 5.93. The molecule has 123 valence electrons. The van der Waals surface area contributed by atoms with Crippen LogP contribution in [0.1, 0.15) is 30.4 Å². The molecule has 1 fully saturated rings. The predicted molar refractivity (Wildman–Crippen MR) is 88.2 cm³/mol. The monoisotopic (exact) mass is 316 g/mol. The van der Waals surface area contributed by atoms with Crippen LogP contribution in [0.4, 0.5) is 0 Å². The Morgan fingerprint density at radius 2 is 1.96 bits per heavy atom. The van der Waals surface area contributed by atoms with Gasteiger partial charge >= 0.3 is 7.62 Å². The van der Waals surface area contributed by atoms with E-state index in [4.69, 9.17) is 4.65 Å². The van der Waals surface area contributed by atoms with Crippen LogP contribution in [-0.2, 0) is 20.7 Å². The van der Waals surface area contributed by atoms with E-state index in [0.29, 0.717) is 0 Å². The SMILES string of the molecule is CO[B]NC1CCC(C(=O)NNC(=O)Cc2ccc(C)cc2)C1. The van der Waals surface area contributed by atoms with E-state index in [-0.39, 0.29) is 30.2 Å². The summed E-state index contributed by atoms with van der Waals surface area (Å²) in [6.45, 7) is 2.00. The number of benzene rings is 1. The van der Waals surface area contributed by atoms with E-state index in [0.717, 1.165) is 30.4 Å². The van der Waals surface area contributed by atoms with Gasteiger partial charge in [0, 0.05) is 13.0 Å². The Kier molecular flexibility index (Phi) is 6.61. The zero-order valence-electron chi connectivity index (χ0n) is 13.6. The van der Waals surface area contributed by atoms with Gasteiger partial charge in [0.15, 0.2) is 0 Å². The van der Waals surface area contributed by atoms with Gasteiger partial charge in [-0.15, -0.1) is 0 Å². The summed E-state index contributed by atoms with van der Waals surface area (Å²) in [5.41, 5.74) is 7.08. The van der Waals surface area contributed by atoms with Crippen LogP contribution in [0.2, 0.25) is 0 Å². The number of nitrogens with one attached hydrogen (secondary N) is 3. The molecule has 0 heterocycles. The molecule has 2 amide bonds. The van der Waals surface area contributed by atoms with Gasteiger partial charge in [0.1, 0.15) is 0 Å². The molecule has 0 bridgehead atoms. The third-order valence-electron chi connectivity index (χ3n) is 4.04. The third-order valence-corrected chi connectivity index (χ3v) is 4.04. The zero-order valence-corrected chi connectivity index (χ0v) is 13.6. The third kappa shape index (κ3) is 5.69. The van der Waals surface area contributed by atoms with E-state index in [1.165, 1.54) is 7.62 Å². The molecule has 1 radical (unpaired) electrons. The molecule has 0 spiro atoms. The molecule has 1 aliphatic carbocycles. The van der Waals surface area contributed by atoms with Crippen LogP contribution in [-0.4, -0.2) is 32.6 Å². The lowest BCUT2D eigenvalue weighted by molar-refractivity contribution is -0.130. The van der Waals surface area contributed by atoms with Gasteiger partial charge < -0.3 is 9.88 Å². The van der Waals surface area contributed by atoms with Crippen LogP contribution in [0.3, 0.4) is 0 Å². The van der Waals surface area contributed by atoms with Gasteiger partial charge in [0.05, 0.1) is 6.42 Å². The number of hydrogen-bond acceptors (Lipinski definition) is 4. The van der Waals surface area contributed by atoms with Gasteiger partial charge in [-0.2, -0.15) is 0 Å². The first-order valence-electron chi connectivity index (χ1n) is 7.83. The number of carbonyl (C=O) groups is 2. The first-order chi connectivity index (χ1) is 11.1. The van der Waals surface area contributed by atoms with Crippen LogP contribution >= 0.6 is 0 Å². The van der Waals surface area contributed by atoms with Gasteiger partial charge in [-0.25, -0.2) is 0 Å². The van der Waals surface area contributed by atoms with Crippen molar-refractivity contribution in [3.63, 3.8) is 0 Å². The molecule has 7 heteroatoms. The largest absolute Gasteiger partial charge is 0.427 e. The Hall–Kier alpha value is -1.86. The second-order valence-electron chi connectivity index (χ2n) is 5.93. The highest BCUT2D eigenvalue weighted by molar-refractivity contribution is 6.23. The van der Waals surface area contributed by atoms with E-state index in [2.05, 4.69) is 16.1 Å². The van der Waals surface area contributed by atoms with Crippen molar-refractivity contribution in [2.45, 2.75) is 38.6 Å². The molecule has 2 unspecified atom stereocenters. The molecule has 1 aromatic carbocycles. The van der Waals surface area contributed by atoms with Crippen molar-refractivity contribution in [3.8, 4) is 0 Å². The van der Waals surface area contributed by atoms with Crippen molar-refractivity contribution in [1.82, 2.24) is 16.1 Å². The average Bonchev–Trinajstić information content (AvgIpc) is 3.02. The normalized spacial score (nSPS) is 20.1. The highest BCUT2D eigenvalue weighted by Gasteiger charge is 2.29. The number of amides is 2. The van der Waals surface area contributed by atoms with Crippen LogP contribution in [0, 0.1) is 12.8 Å². The first-order valence-corrected chi connectivity index (χ1v) is 7.83. The Balaban J connectivity index is 1.70. The van der Waals surface area contributed by atoms with Crippen LogP contribution in [0.25, 0.3) is 0 Å². The van der Waals surface area contributed by atoms with Crippen molar-refractivity contribution in [3.05, 3.63) is 35.4 Å². The van der Waals surface area contributed by atoms with Gasteiger partial charge in [-0.3, -0.25) is 20.4 Å². The van der Waals surface area contributed by atoms with Gasteiger partial charge in [-0.1, -0.05) is 29.8 Å². The molecule has 1 aromatic rings. The van der Waals surface area contributed by atoms with Gasteiger partial charge in [0.25, 0.3) is 0 Å². The lowest BCUT2D eigenvalue weighted by Gasteiger charge is -2.13. The predicted octanol–water partition coefficient (Wildman–Crippen LogP) is 0.624. The molecule has 0 aromatic heterocycles. The zero-order chi connectivity index (χ0) is 16.7. The van der Waals surface area contributed by atoms with Crippen molar-refractivity contribution < 1.29 is 14.2 Å². The van der Waals surface area contributed by atoms with Crippen molar-refractivity contribution >= 4 is 19.4 Å². The molecule has 3 N–H and O–H groups in total. The number of hydrogen-bond donors (Lipinski definition) is 3. The molecule has 0 saturated heterocycles. The van der Waals surface area contributed by atoms with E-state index in [1.807, 2.05) is 31.2 Å². The summed E-state index contributed by atoms with van der Waals surface area (Å²) in [5.74, 6) is -0.441. The minimum Gasteiger partial charge on any atom is -0.427 e. The number of carbonyl (C=O) groups excluding carboxylic acids is 2. The fourth-order valence-corrected chi connectivity index (χ4v) is 2.70. The Labute approximate surface area is 137 Å². The van der Waals surface area contributed by atoms with Gasteiger partial charge in [-0.05, 0) is 37.8 Å². The average molecular weight is 316 g/mol. The summed E-state index contributed by atoms with van der Waals surface area (Å²) in [5, 5.41) is 3.10. The van der Waals surface area contributed by atoms with E-state index in [9.17, 15) is 9.59 Å². The fourth-order valence-electron chi connectivity index (χ4n) is 2.70. The van der Waals surface area contributed by atoms with E-state index < -0.39 is 0 Å². The maximum Gasteiger partial charge on any atom is 0.395 e. The van der Waals surface area contributed by atoms with E-state index >= 15 is 0 Å². The maximum absolute atomic E-state index is 12.1. The Morgan fingerprint density at radius 1 is 1.22 bits per heavy atom. The quantitative estimate of drug-likeness (QED) is 0.531. The first kappa shape index (κ1) is 17.5. The molecule has 6 nitrogen and oxygen atoms in total. The minimum atomic E-state index is -0.220. The fraction of sp³-hybridized carbons (Fsp3) is 0.500. The Bertz CT molecular complexity index is 536. The molecule has 23 heavy (non-hydrogen) atoms. The standard InChI is InChI=1S/C16H23BN3O3/c1-11-3-5-12(6-4-11)9-15(21)19-20-16(22)13-7-8-14(10-13)18-17-23-2/h3-6,13-14,18H,7-10H2,1-2H3,(H,19,21)(H,20,22). The summed E-state index contributed by atoms with van der Waals surface area (Å²) >= 11 is 0. The number of hydrazine groups is 1. The molecule has 0 aliphatic heterocycles. The summed E-state index contributed by atoms with van der Waals surface area (Å²) in [6.07, 6.45) is 2.70.